The molecule has 2 atom stereocenters. The Kier molecular flexibility index (Phi) is 74.4. The minimum absolute atomic E-state index is 0.0203. The van der Waals surface area contributed by atoms with Crippen LogP contribution < -0.4 is 0 Å². The van der Waals surface area contributed by atoms with Crippen molar-refractivity contribution >= 4 is 19.8 Å². The number of quaternary nitrogens is 1. The molecular weight excluding hydrogens is 1250 g/mol. The number of unbranched alkanes of at least 4 members (excludes halogenated alkanes) is 29. The van der Waals surface area contributed by atoms with Crippen LogP contribution in [0.5, 0.6) is 0 Å². The molecular formula is C90H151NO8P+. The van der Waals surface area contributed by atoms with Crippen LogP contribution in [0.15, 0.2) is 182 Å². The molecule has 0 aliphatic heterocycles. The molecule has 0 amide bonds. The van der Waals surface area contributed by atoms with Gasteiger partial charge in [0.25, 0.3) is 0 Å². The van der Waals surface area contributed by atoms with Gasteiger partial charge in [0.2, 0.25) is 0 Å². The molecule has 0 aliphatic carbocycles. The highest BCUT2D eigenvalue weighted by atomic mass is 31.2. The van der Waals surface area contributed by atoms with Crippen LogP contribution in [0.4, 0.5) is 0 Å². The summed E-state index contributed by atoms with van der Waals surface area (Å²) in [6.45, 7) is 4.19. The molecule has 0 bridgehead atoms. The van der Waals surface area contributed by atoms with Crippen molar-refractivity contribution < 1.29 is 42.1 Å². The lowest BCUT2D eigenvalue weighted by atomic mass is 10.0. The van der Waals surface area contributed by atoms with Gasteiger partial charge in [-0.3, -0.25) is 18.6 Å². The van der Waals surface area contributed by atoms with E-state index in [1.807, 2.05) is 21.1 Å². The molecule has 0 spiro atoms. The van der Waals surface area contributed by atoms with E-state index in [-0.39, 0.29) is 32.0 Å². The normalized spacial score (nSPS) is 14.0. The molecule has 0 radical (unpaired) electrons. The van der Waals surface area contributed by atoms with Crippen LogP contribution in [0, 0.1) is 0 Å². The number of nitrogens with zero attached hydrogens (tertiary/aromatic N) is 1. The minimum Gasteiger partial charge on any atom is -0.462 e. The second-order valence-corrected chi connectivity index (χ2v) is 29.1. The molecule has 0 aromatic rings. The zero-order valence-corrected chi connectivity index (χ0v) is 65.8. The van der Waals surface area contributed by atoms with Crippen molar-refractivity contribution in [3.63, 3.8) is 0 Å². The number of phosphoric ester groups is 1. The standard InChI is InChI=1S/C90H150NO8P/c1-6-8-10-12-14-16-18-20-22-24-26-28-30-32-34-36-38-40-42-44-45-47-49-51-53-55-57-59-61-63-65-67-69-71-73-75-77-79-81-83-90(93)99-88(87-98-100(94,95)97-85-84-91(3,4)5)86-96-89(92)82-80-78-76-74-72-70-68-66-64-62-60-58-56-54-52-50-48-46-43-41-39-37-35-33-31-29-27-25-23-21-19-17-15-13-11-9-7-2/h8-11,14-17,20-23,26-29,32,34,38,40,44-45,49,51,55,57,61,63,67,69,88H,6-7,12-13,18-19,24-25,30-31,33,35-37,39,41-43,46-48,50,52-54,56,58-60,62,64-66,68,70-87H2,1-5H3/p+1/b10-8-,11-9-,16-14-,17-15-,22-20-,23-21-,28-26-,29-27-,34-32-,40-38-,45-44-,51-49-,57-55-,63-61-,69-67-. The van der Waals surface area contributed by atoms with Gasteiger partial charge in [0, 0.05) is 12.8 Å². The topological polar surface area (TPSA) is 108 Å². The first-order valence-corrected chi connectivity index (χ1v) is 42.0. The molecule has 568 valence electrons. The molecule has 0 saturated carbocycles. The Labute approximate surface area is 616 Å². The van der Waals surface area contributed by atoms with E-state index in [4.69, 9.17) is 18.5 Å². The predicted molar refractivity (Wildman–Crippen MR) is 436 cm³/mol. The fraction of sp³-hybridized carbons (Fsp3) is 0.644. The van der Waals surface area contributed by atoms with E-state index in [9.17, 15) is 19.0 Å². The van der Waals surface area contributed by atoms with Gasteiger partial charge in [-0.05, 0) is 135 Å². The highest BCUT2D eigenvalue weighted by Crippen LogP contribution is 2.43. The van der Waals surface area contributed by atoms with Crippen LogP contribution >= 0.6 is 7.82 Å². The Morgan fingerprint density at radius 1 is 0.310 bits per heavy atom. The zero-order valence-electron chi connectivity index (χ0n) is 64.9. The van der Waals surface area contributed by atoms with Gasteiger partial charge in [-0.2, -0.15) is 0 Å². The molecule has 0 saturated heterocycles. The van der Waals surface area contributed by atoms with Crippen LogP contribution in [0.3, 0.4) is 0 Å². The predicted octanol–water partition coefficient (Wildman–Crippen LogP) is 27.4. The lowest BCUT2D eigenvalue weighted by Gasteiger charge is -2.24. The van der Waals surface area contributed by atoms with Gasteiger partial charge < -0.3 is 18.9 Å². The Morgan fingerprint density at radius 2 is 0.540 bits per heavy atom. The number of phosphoric acid groups is 1. The first-order chi connectivity index (χ1) is 49.0. The summed E-state index contributed by atoms with van der Waals surface area (Å²) in [7, 11) is 1.45. The van der Waals surface area contributed by atoms with Crippen LogP contribution in [0.2, 0.25) is 0 Å². The molecule has 0 heterocycles. The summed E-state index contributed by atoms with van der Waals surface area (Å²) in [5, 5.41) is 0. The Morgan fingerprint density at radius 3 is 0.800 bits per heavy atom. The molecule has 0 aromatic heterocycles. The van der Waals surface area contributed by atoms with Crippen molar-refractivity contribution in [1.29, 1.82) is 0 Å². The molecule has 0 aromatic carbocycles. The number of ether oxygens (including phenoxy) is 2. The summed E-state index contributed by atoms with van der Waals surface area (Å²) in [5.41, 5.74) is 0. The van der Waals surface area contributed by atoms with Crippen molar-refractivity contribution in [3.05, 3.63) is 182 Å². The maximum Gasteiger partial charge on any atom is 0.472 e. The second-order valence-electron chi connectivity index (χ2n) is 27.7. The number of likely N-dealkylation sites (N-methyl/N-ethyl adjacent to an activating group) is 1. The Balaban J connectivity index is 4.05. The summed E-state index contributed by atoms with van der Waals surface area (Å²) in [6.07, 6.45) is 120. The fourth-order valence-electron chi connectivity index (χ4n) is 10.8. The van der Waals surface area contributed by atoms with E-state index < -0.39 is 26.5 Å². The van der Waals surface area contributed by atoms with Gasteiger partial charge in [0.1, 0.15) is 19.8 Å². The van der Waals surface area contributed by atoms with Gasteiger partial charge in [0.15, 0.2) is 6.10 Å². The average molecular weight is 1410 g/mol. The minimum atomic E-state index is -4.41. The van der Waals surface area contributed by atoms with Crippen LogP contribution in [-0.4, -0.2) is 74.9 Å². The maximum atomic E-state index is 12.9. The summed E-state index contributed by atoms with van der Waals surface area (Å²) >= 11 is 0. The zero-order chi connectivity index (χ0) is 72.5. The first-order valence-electron chi connectivity index (χ1n) is 40.5. The van der Waals surface area contributed by atoms with Crippen molar-refractivity contribution in [3.8, 4) is 0 Å². The van der Waals surface area contributed by atoms with E-state index in [1.165, 1.54) is 141 Å². The first kappa shape index (κ1) is 95.1. The van der Waals surface area contributed by atoms with Gasteiger partial charge in [0.05, 0.1) is 27.7 Å². The van der Waals surface area contributed by atoms with E-state index in [1.54, 1.807) is 0 Å². The number of hydrogen-bond donors (Lipinski definition) is 1. The van der Waals surface area contributed by atoms with Crippen molar-refractivity contribution in [2.24, 2.45) is 0 Å². The molecule has 2 unspecified atom stereocenters. The number of carbonyl (C=O) groups excluding carboxylic acids is 2. The average Bonchev–Trinajstić information content (AvgIpc) is 1.07. The third kappa shape index (κ3) is 82.1. The molecule has 0 aliphatic rings. The summed E-state index contributed by atoms with van der Waals surface area (Å²) < 4.78 is 34.8. The van der Waals surface area contributed by atoms with Crippen molar-refractivity contribution in [2.45, 2.75) is 328 Å². The third-order valence-corrected chi connectivity index (χ3v) is 17.9. The van der Waals surface area contributed by atoms with Crippen molar-refractivity contribution in [1.82, 2.24) is 0 Å². The highest BCUT2D eigenvalue weighted by Gasteiger charge is 2.27. The fourth-order valence-corrected chi connectivity index (χ4v) is 11.6. The van der Waals surface area contributed by atoms with Crippen LogP contribution in [0.25, 0.3) is 0 Å². The number of carbonyl (C=O) groups is 2. The number of hydrogen-bond acceptors (Lipinski definition) is 7. The van der Waals surface area contributed by atoms with Gasteiger partial charge in [-0.25, -0.2) is 4.57 Å². The Bertz CT molecular complexity index is 2350. The van der Waals surface area contributed by atoms with Gasteiger partial charge in [-0.1, -0.05) is 357 Å². The molecule has 1 N–H and O–H groups in total. The maximum absolute atomic E-state index is 12.9. The quantitative estimate of drug-likeness (QED) is 0.0211. The second kappa shape index (κ2) is 78.3. The Hall–Kier alpha value is -4.89. The lowest BCUT2D eigenvalue weighted by molar-refractivity contribution is -0.870. The van der Waals surface area contributed by atoms with E-state index in [0.717, 1.165) is 148 Å². The van der Waals surface area contributed by atoms with Crippen molar-refractivity contribution in [2.75, 3.05) is 47.5 Å². The van der Waals surface area contributed by atoms with E-state index in [2.05, 4.69) is 196 Å². The summed E-state index contributed by atoms with van der Waals surface area (Å²) in [5.74, 6) is -0.820. The van der Waals surface area contributed by atoms with Gasteiger partial charge >= 0.3 is 19.8 Å². The van der Waals surface area contributed by atoms with E-state index in [0.29, 0.717) is 17.4 Å². The highest BCUT2D eigenvalue weighted by molar-refractivity contribution is 7.47. The summed E-state index contributed by atoms with van der Waals surface area (Å²) in [6, 6.07) is 0. The smallest absolute Gasteiger partial charge is 0.462 e. The summed E-state index contributed by atoms with van der Waals surface area (Å²) in [4.78, 5) is 36.0. The SMILES string of the molecule is CC/C=C\C/C=C\C/C=C\C/C=C\C/C=C\C/C=C\C/C=C\C/C=C\C/C=C\C/C=C\C/C=C\CCCCCCCC(=O)OC(COC(=O)CCCCCCCCCCCCCCCCCCCCCCCCCC/C=C\C/C=C\C/C=C\C/C=C\CC)COP(=O)(O)OCC[N+](C)(C)C. The molecule has 100 heavy (non-hydrogen) atoms. The van der Waals surface area contributed by atoms with E-state index >= 15 is 0 Å². The number of allylic oxidation sites excluding steroid dienone is 30. The largest absolute Gasteiger partial charge is 0.472 e. The molecule has 10 heteroatoms. The number of rotatable bonds is 73. The monoisotopic (exact) mass is 1410 g/mol. The molecule has 9 nitrogen and oxygen atoms in total. The third-order valence-electron chi connectivity index (χ3n) is 16.9. The molecule has 0 fully saturated rings. The molecule has 0 rings (SSSR count). The van der Waals surface area contributed by atoms with Crippen LogP contribution in [0.1, 0.15) is 322 Å². The lowest BCUT2D eigenvalue weighted by Crippen LogP contribution is -2.37. The van der Waals surface area contributed by atoms with Gasteiger partial charge in [-0.15, -0.1) is 0 Å². The van der Waals surface area contributed by atoms with Crippen LogP contribution in [-0.2, 0) is 32.7 Å². The number of esters is 2.